The highest BCUT2D eigenvalue weighted by molar-refractivity contribution is 6.74. The second kappa shape index (κ2) is 14.8. The molecule has 2 aromatic rings. The maximum atomic E-state index is 12.3. The molecule has 2 saturated heterocycles. The molecule has 2 aliphatic heterocycles. The van der Waals surface area contributed by atoms with E-state index in [1.54, 1.807) is 20.0 Å². The molecule has 6 atom stereocenters. The monoisotopic (exact) mass is 710 g/mol. The molecule has 2 fully saturated rings. The summed E-state index contributed by atoms with van der Waals surface area (Å²) >= 11 is 0. The van der Waals surface area contributed by atoms with Gasteiger partial charge in [0.25, 0.3) is 11.1 Å². The number of aromatic nitrogens is 4. The standard InChI is InChI=1S/C17H30N2O4Si.C16H28N2O5Si/c1-8-12-9-13(23-24(6,7)17(3,4)5)15(22-12)19-10-11(2)14(20)18-16(19)21;1-10-8-18(15(21)17-13(10)20)14-12(7-11(9-19)22-14)23-24(5,6)16(2,3)4/h10,12-13,15H,8-9H2,1-7H3,(H,18,20,21);8,11-12,14,19H,7,9H2,1-6H3,(H,17,20,21)/t12-,13?,15-;11-,12?,14+/m10/s1. The van der Waals surface area contributed by atoms with Gasteiger partial charge in [-0.2, -0.15) is 0 Å². The molecule has 0 radical (unpaired) electrons. The van der Waals surface area contributed by atoms with E-state index in [1.165, 1.54) is 15.3 Å². The Morgan fingerprint density at radius 3 is 1.44 bits per heavy atom. The SMILES string of the molecule is CC[C@@H]1CC(O[Si](C)(C)C(C)(C)C)[C@H](n2cc(C)c(=O)[nH]c2=O)O1.Cc1cn([C@@H]2O[C@H](CO)CC2O[Si](C)(C)C(C)(C)C)c(=O)[nH]c1=O. The lowest BCUT2D eigenvalue weighted by Crippen LogP contribution is -2.46. The third-order valence-corrected chi connectivity index (χ3v) is 19.3. The van der Waals surface area contributed by atoms with Crippen LogP contribution in [0.25, 0.3) is 0 Å². The molecule has 15 heteroatoms. The van der Waals surface area contributed by atoms with E-state index in [0.717, 1.165) is 12.8 Å². The second-order valence-corrected chi connectivity index (χ2v) is 25.7. The molecule has 0 saturated carbocycles. The van der Waals surface area contributed by atoms with E-state index in [2.05, 4.69) is 84.6 Å². The maximum absolute atomic E-state index is 12.3. The number of rotatable bonds is 8. The zero-order valence-corrected chi connectivity index (χ0v) is 33.1. The van der Waals surface area contributed by atoms with Crippen LogP contribution in [0.1, 0.15) is 91.3 Å². The number of H-pyrrole nitrogens is 2. The van der Waals surface area contributed by atoms with Crippen molar-refractivity contribution in [3.63, 3.8) is 0 Å². The van der Waals surface area contributed by atoms with Crippen LogP contribution >= 0.6 is 0 Å². The van der Waals surface area contributed by atoms with Crippen molar-refractivity contribution in [2.24, 2.45) is 0 Å². The molecule has 13 nitrogen and oxygen atoms in total. The van der Waals surface area contributed by atoms with E-state index in [9.17, 15) is 24.3 Å². The fraction of sp³-hybridized carbons (Fsp3) is 0.758. The third kappa shape index (κ3) is 9.03. The fourth-order valence-electron chi connectivity index (χ4n) is 5.18. The van der Waals surface area contributed by atoms with Gasteiger partial charge >= 0.3 is 11.4 Å². The smallest absolute Gasteiger partial charge is 0.330 e. The van der Waals surface area contributed by atoms with Gasteiger partial charge in [-0.15, -0.1) is 0 Å². The van der Waals surface area contributed by atoms with Gasteiger partial charge in [-0.1, -0.05) is 48.5 Å². The van der Waals surface area contributed by atoms with E-state index < -0.39 is 46.0 Å². The van der Waals surface area contributed by atoms with E-state index in [4.69, 9.17) is 18.3 Å². The van der Waals surface area contributed by atoms with E-state index in [-0.39, 0.29) is 46.7 Å². The highest BCUT2D eigenvalue weighted by Gasteiger charge is 2.46. The summed E-state index contributed by atoms with van der Waals surface area (Å²) in [5, 5.41) is 9.55. The van der Waals surface area contributed by atoms with Crippen LogP contribution in [0.2, 0.25) is 36.3 Å². The highest BCUT2D eigenvalue weighted by Crippen LogP contribution is 2.43. The number of ether oxygens (including phenoxy) is 2. The zero-order valence-electron chi connectivity index (χ0n) is 31.1. The van der Waals surface area contributed by atoms with Crippen LogP contribution in [0.4, 0.5) is 0 Å². The van der Waals surface area contributed by atoms with Crippen molar-refractivity contribution in [1.82, 2.24) is 19.1 Å². The molecule has 2 aromatic heterocycles. The van der Waals surface area contributed by atoms with Gasteiger partial charge in [-0.05, 0) is 56.5 Å². The Hall–Kier alpha value is -2.41. The van der Waals surface area contributed by atoms with E-state index >= 15 is 0 Å². The van der Waals surface area contributed by atoms with Crippen molar-refractivity contribution < 1.29 is 23.4 Å². The second-order valence-electron chi connectivity index (χ2n) is 16.2. The number of aliphatic hydroxyl groups excluding tert-OH is 1. The fourth-order valence-corrected chi connectivity index (χ4v) is 7.82. The normalized spacial score (nSPS) is 25.2. The van der Waals surface area contributed by atoms with Crippen LogP contribution in [0, 0.1) is 13.8 Å². The summed E-state index contributed by atoms with van der Waals surface area (Å²) in [6.45, 7) is 26.9. The number of nitrogens with zero attached hydrogens (tertiary/aromatic N) is 2. The van der Waals surface area contributed by atoms with Crippen molar-refractivity contribution in [3.8, 4) is 0 Å². The third-order valence-electron chi connectivity index (χ3n) is 10.3. The minimum atomic E-state index is -2.08. The van der Waals surface area contributed by atoms with Crippen LogP contribution in [0.15, 0.2) is 31.6 Å². The van der Waals surface area contributed by atoms with Gasteiger partial charge in [-0.3, -0.25) is 28.7 Å². The summed E-state index contributed by atoms with van der Waals surface area (Å²) in [6.07, 6.45) is 3.21. The quantitative estimate of drug-likeness (QED) is 0.336. The minimum Gasteiger partial charge on any atom is -0.409 e. The molecule has 0 aromatic carbocycles. The summed E-state index contributed by atoms with van der Waals surface area (Å²) in [5.41, 5.74) is -0.826. The molecule has 0 bridgehead atoms. The summed E-state index contributed by atoms with van der Waals surface area (Å²) < 4.78 is 27.7. The molecule has 2 unspecified atom stereocenters. The predicted octanol–water partition coefficient (Wildman–Crippen LogP) is 4.45. The molecular formula is C33H58N4O9Si2. The molecule has 0 aliphatic carbocycles. The molecule has 0 spiro atoms. The van der Waals surface area contributed by atoms with Crippen LogP contribution in [-0.4, -0.2) is 71.9 Å². The van der Waals surface area contributed by atoms with Crippen molar-refractivity contribution in [1.29, 1.82) is 0 Å². The van der Waals surface area contributed by atoms with Gasteiger partial charge in [0.2, 0.25) is 0 Å². The number of aryl methyl sites for hydroxylation is 2. The molecule has 3 N–H and O–H groups in total. The van der Waals surface area contributed by atoms with Crippen LogP contribution in [0.3, 0.4) is 0 Å². The van der Waals surface area contributed by atoms with Crippen molar-refractivity contribution in [2.45, 2.75) is 155 Å². The Morgan fingerprint density at radius 1 is 0.750 bits per heavy atom. The number of aliphatic hydroxyl groups is 1. The first-order chi connectivity index (χ1) is 21.9. The van der Waals surface area contributed by atoms with Crippen LogP contribution < -0.4 is 22.5 Å². The Morgan fingerprint density at radius 2 is 1.10 bits per heavy atom. The molecule has 0 amide bonds. The van der Waals surface area contributed by atoms with E-state index in [0.29, 0.717) is 17.5 Å². The van der Waals surface area contributed by atoms with Crippen LogP contribution in [0.5, 0.6) is 0 Å². The van der Waals surface area contributed by atoms with Gasteiger partial charge in [-0.25, -0.2) is 9.59 Å². The lowest BCUT2D eigenvalue weighted by atomic mass is 10.1. The Balaban J connectivity index is 0.000000260. The molecule has 48 heavy (non-hydrogen) atoms. The van der Waals surface area contributed by atoms with Gasteiger partial charge in [0.15, 0.2) is 29.1 Å². The largest absolute Gasteiger partial charge is 0.409 e. The number of hydrogen-bond donors (Lipinski definition) is 3. The van der Waals surface area contributed by atoms with Crippen molar-refractivity contribution in [2.75, 3.05) is 6.61 Å². The average Bonchev–Trinajstić information content (AvgIpc) is 3.54. The maximum Gasteiger partial charge on any atom is 0.330 e. The lowest BCUT2D eigenvalue weighted by Gasteiger charge is -2.39. The predicted molar refractivity (Wildman–Crippen MR) is 191 cm³/mol. The molecule has 2 aliphatic rings. The topological polar surface area (TPSA) is 167 Å². The van der Waals surface area contributed by atoms with Crippen molar-refractivity contribution >= 4 is 16.6 Å². The number of nitrogens with one attached hydrogen (secondary N) is 2. The Bertz CT molecular complexity index is 1530. The Kier molecular flexibility index (Phi) is 12.4. The van der Waals surface area contributed by atoms with Gasteiger partial charge < -0.3 is 23.4 Å². The molecule has 4 heterocycles. The average molecular weight is 711 g/mol. The highest BCUT2D eigenvalue weighted by atomic mass is 28.4. The first kappa shape index (κ1) is 40.0. The number of aromatic amines is 2. The van der Waals surface area contributed by atoms with E-state index in [1.807, 2.05) is 0 Å². The van der Waals surface area contributed by atoms with Crippen LogP contribution in [-0.2, 0) is 18.3 Å². The molecule has 4 rings (SSSR count). The zero-order chi connectivity index (χ0) is 36.6. The summed E-state index contributed by atoms with van der Waals surface area (Å²) in [7, 11) is -4.07. The lowest BCUT2D eigenvalue weighted by molar-refractivity contribution is -0.0504. The van der Waals surface area contributed by atoms with Gasteiger partial charge in [0.05, 0.1) is 31.0 Å². The molecular weight excluding hydrogens is 653 g/mol. The molecule has 272 valence electrons. The van der Waals surface area contributed by atoms with Crippen molar-refractivity contribution in [3.05, 3.63) is 65.2 Å². The number of hydrogen-bond acceptors (Lipinski definition) is 9. The Labute approximate surface area is 285 Å². The summed E-state index contributed by atoms with van der Waals surface area (Å²) in [4.78, 5) is 52.4. The summed E-state index contributed by atoms with van der Waals surface area (Å²) in [5.74, 6) is 0. The first-order valence-electron chi connectivity index (χ1n) is 16.8. The summed E-state index contributed by atoms with van der Waals surface area (Å²) in [6, 6.07) is 0. The minimum absolute atomic E-state index is 0.0146. The van der Waals surface area contributed by atoms with Gasteiger partial charge in [0, 0.05) is 36.4 Å². The first-order valence-corrected chi connectivity index (χ1v) is 22.7. The van der Waals surface area contributed by atoms with Gasteiger partial charge in [0.1, 0.15) is 0 Å².